The molecule has 1 aromatic carbocycles. The number of rotatable bonds is 11. The zero-order chi connectivity index (χ0) is 17.9. The highest BCUT2D eigenvalue weighted by atomic mass is 16.7. The smallest absolute Gasteiger partial charge is 0.313 e. The molecule has 1 rings (SSSR count). The van der Waals surface area contributed by atoms with Crippen molar-refractivity contribution in [1.82, 2.24) is 4.90 Å². The largest absolute Gasteiger partial charge is 0.497 e. The Bertz CT molecular complexity index is 532. The van der Waals surface area contributed by atoms with E-state index in [1.165, 1.54) is 7.11 Å². The molecule has 0 aliphatic rings. The minimum Gasteiger partial charge on any atom is -0.497 e. The molecule has 1 atom stereocenters. The quantitative estimate of drug-likeness (QED) is 0.200. The molecule has 0 spiro atoms. The van der Waals surface area contributed by atoms with Gasteiger partial charge in [-0.15, -0.1) is 0 Å². The summed E-state index contributed by atoms with van der Waals surface area (Å²) in [6.45, 7) is 0.571. The summed E-state index contributed by atoms with van der Waals surface area (Å²) in [5.41, 5.74) is 0.420. The summed E-state index contributed by atoms with van der Waals surface area (Å²) in [7, 11) is 6.73. The van der Waals surface area contributed by atoms with Crippen molar-refractivity contribution in [2.24, 2.45) is 0 Å². The van der Waals surface area contributed by atoms with Gasteiger partial charge in [0.15, 0.2) is 5.78 Å². The van der Waals surface area contributed by atoms with Gasteiger partial charge in [-0.1, -0.05) is 12.1 Å². The Kier molecular flexibility index (Phi) is 8.99. The van der Waals surface area contributed by atoms with Gasteiger partial charge in [0.2, 0.25) is 6.41 Å². The third-order valence-electron chi connectivity index (χ3n) is 3.13. The Morgan fingerprint density at radius 1 is 1.17 bits per heavy atom. The van der Waals surface area contributed by atoms with E-state index in [1.54, 1.807) is 36.3 Å². The molecule has 0 fully saturated rings. The number of esters is 1. The van der Waals surface area contributed by atoms with Crippen LogP contribution in [0.2, 0.25) is 0 Å². The van der Waals surface area contributed by atoms with Gasteiger partial charge < -0.3 is 18.9 Å². The second-order valence-electron chi connectivity index (χ2n) is 5.28. The third-order valence-corrected chi connectivity index (χ3v) is 3.13. The Morgan fingerprint density at radius 2 is 1.92 bits per heavy atom. The molecule has 7 nitrogen and oxygen atoms in total. The summed E-state index contributed by atoms with van der Waals surface area (Å²) in [6, 6.07) is 6.66. The average molecular weight is 339 g/mol. The summed E-state index contributed by atoms with van der Waals surface area (Å²) in [4.78, 5) is 25.5. The van der Waals surface area contributed by atoms with Crippen LogP contribution in [0.25, 0.3) is 0 Å². The molecular formula is C17H25NO6. The molecule has 0 aliphatic heterocycles. The van der Waals surface area contributed by atoms with Gasteiger partial charge >= 0.3 is 5.97 Å². The molecule has 0 aromatic heterocycles. The van der Waals surface area contributed by atoms with Crippen LogP contribution in [0.15, 0.2) is 24.3 Å². The number of carbonyl (C=O) groups is 2. The highest BCUT2D eigenvalue weighted by molar-refractivity contribution is 6.06. The molecule has 0 heterocycles. The fourth-order valence-electron chi connectivity index (χ4n) is 1.94. The first-order valence-corrected chi connectivity index (χ1v) is 7.61. The van der Waals surface area contributed by atoms with E-state index in [0.29, 0.717) is 24.3 Å². The Hall–Kier alpha value is -1.96. The van der Waals surface area contributed by atoms with Crippen molar-refractivity contribution in [3.8, 4) is 5.75 Å². The van der Waals surface area contributed by atoms with Crippen LogP contribution < -0.4 is 4.74 Å². The first-order valence-electron chi connectivity index (χ1n) is 7.61. The second kappa shape index (κ2) is 10.7. The molecule has 0 saturated heterocycles. The lowest BCUT2D eigenvalue weighted by atomic mass is 10.1. The molecule has 0 radical (unpaired) electrons. The molecular weight excluding hydrogens is 314 g/mol. The highest BCUT2D eigenvalue weighted by Gasteiger charge is 2.14. The number of hydrogen-bond donors (Lipinski definition) is 0. The molecule has 0 aliphatic carbocycles. The number of benzene rings is 1. The summed E-state index contributed by atoms with van der Waals surface area (Å²) in [5, 5.41) is 0. The molecule has 0 saturated carbocycles. The minimum absolute atomic E-state index is 0.189. The zero-order valence-corrected chi connectivity index (χ0v) is 14.6. The van der Waals surface area contributed by atoms with E-state index in [4.69, 9.17) is 18.9 Å². The van der Waals surface area contributed by atoms with Gasteiger partial charge in [0.05, 0.1) is 20.3 Å². The van der Waals surface area contributed by atoms with Crippen LogP contribution in [0.5, 0.6) is 5.75 Å². The van der Waals surface area contributed by atoms with Gasteiger partial charge in [0.25, 0.3) is 0 Å². The summed E-state index contributed by atoms with van der Waals surface area (Å²) in [6.07, 6.45) is -0.213. The second-order valence-corrected chi connectivity index (χ2v) is 5.28. The lowest BCUT2D eigenvalue weighted by Gasteiger charge is -2.22. The molecule has 7 heteroatoms. The van der Waals surface area contributed by atoms with Crippen LogP contribution in [-0.4, -0.2) is 64.6 Å². The van der Waals surface area contributed by atoms with Crippen molar-refractivity contribution in [2.45, 2.75) is 19.3 Å². The van der Waals surface area contributed by atoms with Gasteiger partial charge in [-0.05, 0) is 26.2 Å². The molecule has 0 amide bonds. The van der Waals surface area contributed by atoms with Gasteiger partial charge in [0.1, 0.15) is 12.2 Å². The Morgan fingerprint density at radius 3 is 2.54 bits per heavy atom. The van der Waals surface area contributed by atoms with Crippen LogP contribution >= 0.6 is 0 Å². The number of carbonyl (C=O) groups excluding carboxylic acids is 2. The highest BCUT2D eigenvalue weighted by Crippen LogP contribution is 2.14. The summed E-state index contributed by atoms with van der Waals surface area (Å²) < 4.78 is 20.6. The van der Waals surface area contributed by atoms with Gasteiger partial charge in [0, 0.05) is 19.1 Å². The first kappa shape index (κ1) is 20.1. The molecule has 0 N–H and O–H groups in total. The molecule has 1 unspecified atom stereocenters. The van der Waals surface area contributed by atoms with E-state index in [9.17, 15) is 9.59 Å². The average Bonchev–Trinajstić information content (AvgIpc) is 2.57. The Labute approximate surface area is 142 Å². The SMILES string of the molecule is COc1cccc(C(=O)CC(=O)OCCCOC(OC)N(C)C)c1. The monoisotopic (exact) mass is 339 g/mol. The maximum Gasteiger partial charge on any atom is 0.313 e. The molecule has 24 heavy (non-hydrogen) atoms. The maximum absolute atomic E-state index is 12.0. The van der Waals surface area contributed by atoms with Gasteiger partial charge in [-0.2, -0.15) is 0 Å². The Balaban J connectivity index is 2.27. The van der Waals surface area contributed by atoms with E-state index >= 15 is 0 Å². The number of methoxy groups -OCH3 is 2. The van der Waals surface area contributed by atoms with Crippen molar-refractivity contribution in [3.05, 3.63) is 29.8 Å². The third kappa shape index (κ3) is 7.08. The first-order chi connectivity index (χ1) is 11.5. The lowest BCUT2D eigenvalue weighted by molar-refractivity contribution is -0.197. The van der Waals surface area contributed by atoms with E-state index in [0.717, 1.165) is 0 Å². The van der Waals surface area contributed by atoms with Crippen LogP contribution in [0, 0.1) is 0 Å². The minimum atomic E-state index is -0.557. The topological polar surface area (TPSA) is 74.3 Å². The van der Waals surface area contributed by atoms with Crippen molar-refractivity contribution in [1.29, 1.82) is 0 Å². The van der Waals surface area contributed by atoms with E-state index in [1.807, 2.05) is 14.1 Å². The fourth-order valence-corrected chi connectivity index (χ4v) is 1.94. The number of ether oxygens (including phenoxy) is 4. The molecule has 1 aromatic rings. The number of ketones is 1. The van der Waals surface area contributed by atoms with Crippen molar-refractivity contribution >= 4 is 11.8 Å². The standard InChI is InChI=1S/C17H25NO6/c1-18(2)17(22-4)24-10-6-9-23-16(20)12-15(19)13-7-5-8-14(11-13)21-3/h5,7-8,11,17H,6,9-10,12H2,1-4H3. The maximum atomic E-state index is 12.0. The van der Waals surface area contributed by atoms with E-state index in [2.05, 4.69) is 0 Å². The zero-order valence-electron chi connectivity index (χ0n) is 14.6. The van der Waals surface area contributed by atoms with Crippen LogP contribution in [-0.2, 0) is 19.0 Å². The van der Waals surface area contributed by atoms with Crippen LogP contribution in [0.3, 0.4) is 0 Å². The van der Waals surface area contributed by atoms with E-state index in [-0.39, 0.29) is 18.8 Å². The molecule has 0 bridgehead atoms. The van der Waals surface area contributed by atoms with Crippen LogP contribution in [0.4, 0.5) is 0 Å². The summed E-state index contributed by atoms with van der Waals surface area (Å²) >= 11 is 0. The number of Topliss-reactive ketones (excluding diaryl/α,β-unsaturated/α-hetero) is 1. The van der Waals surface area contributed by atoms with Crippen LogP contribution in [0.1, 0.15) is 23.2 Å². The lowest BCUT2D eigenvalue weighted by Crippen LogP contribution is -2.32. The number of nitrogens with zero attached hydrogens (tertiary/aromatic N) is 1. The van der Waals surface area contributed by atoms with Crippen molar-refractivity contribution in [3.63, 3.8) is 0 Å². The van der Waals surface area contributed by atoms with Gasteiger partial charge in [-0.3, -0.25) is 14.5 Å². The van der Waals surface area contributed by atoms with Crippen molar-refractivity contribution in [2.75, 3.05) is 41.5 Å². The number of hydrogen-bond acceptors (Lipinski definition) is 7. The van der Waals surface area contributed by atoms with Crippen molar-refractivity contribution < 1.29 is 28.5 Å². The van der Waals surface area contributed by atoms with Gasteiger partial charge in [-0.25, -0.2) is 0 Å². The fraction of sp³-hybridized carbons (Fsp3) is 0.529. The predicted molar refractivity (Wildman–Crippen MR) is 88.0 cm³/mol. The van der Waals surface area contributed by atoms with E-state index < -0.39 is 12.4 Å². The normalized spacial score (nSPS) is 12.0. The molecule has 134 valence electrons. The predicted octanol–water partition coefficient (Wildman–Crippen LogP) is 1.71. The summed E-state index contributed by atoms with van der Waals surface area (Å²) in [5.74, 6) is -0.291.